The molecule has 0 N–H and O–H groups in total. The molecule has 0 bridgehead atoms. The summed E-state index contributed by atoms with van der Waals surface area (Å²) in [6.45, 7) is 0. The van der Waals surface area contributed by atoms with Crippen LogP contribution in [0, 0.1) is 0 Å². The molecule has 1 aromatic heterocycles. The van der Waals surface area contributed by atoms with E-state index in [1.165, 1.54) is 11.5 Å². The summed E-state index contributed by atoms with van der Waals surface area (Å²) < 4.78 is 4.39. The van der Waals surface area contributed by atoms with Crippen molar-refractivity contribution in [1.29, 1.82) is 0 Å². The van der Waals surface area contributed by atoms with Gasteiger partial charge in [-0.25, -0.2) is 0 Å². The van der Waals surface area contributed by atoms with E-state index in [4.69, 9.17) is 0 Å². The summed E-state index contributed by atoms with van der Waals surface area (Å²) in [6.07, 6.45) is 1.60. The van der Waals surface area contributed by atoms with Crippen LogP contribution in [0.2, 0.25) is 0 Å². The Morgan fingerprint density at radius 3 is 2.00 bits per heavy atom. The Balaban J connectivity index is -0.000000120. The first kappa shape index (κ1) is 17.9. The molecule has 9 heavy (non-hydrogen) atoms. The number of rotatable bonds is 0. The van der Waals surface area contributed by atoms with Crippen LogP contribution in [0.5, 0.6) is 0 Å². The molecule has 0 aliphatic carbocycles. The standard InChI is InChI=1S/C2H2N2S2.3Na.3H/c5-2-1-3-4-6-2;;;;;;/h1,5H;;;;;;. The molecule has 0 aliphatic heterocycles. The zero-order valence-electron chi connectivity index (χ0n) is 2.83. The molecule has 0 unspecified atom stereocenters. The Labute approximate surface area is 130 Å². The summed E-state index contributed by atoms with van der Waals surface area (Å²) in [5, 5.41) is 3.51. The minimum absolute atomic E-state index is 0. The van der Waals surface area contributed by atoms with Crippen molar-refractivity contribution in [2.24, 2.45) is 0 Å². The molecule has 0 radical (unpaired) electrons. The maximum absolute atomic E-state index is 3.93. The first-order chi connectivity index (χ1) is 2.89. The number of aromatic nitrogens is 2. The van der Waals surface area contributed by atoms with Gasteiger partial charge in [-0.15, -0.1) is 17.7 Å². The van der Waals surface area contributed by atoms with E-state index in [1.54, 1.807) is 6.20 Å². The van der Waals surface area contributed by atoms with Crippen molar-refractivity contribution in [2.75, 3.05) is 0 Å². The Morgan fingerprint density at radius 1 is 1.33 bits per heavy atom. The van der Waals surface area contributed by atoms with E-state index in [0.29, 0.717) is 0 Å². The van der Waals surface area contributed by atoms with Gasteiger partial charge in [0.15, 0.2) is 0 Å². The summed E-state index contributed by atoms with van der Waals surface area (Å²) >= 11 is 5.21. The van der Waals surface area contributed by atoms with Gasteiger partial charge >= 0.3 is 88.7 Å². The van der Waals surface area contributed by atoms with Crippen LogP contribution in [0.3, 0.4) is 0 Å². The Kier molecular flexibility index (Phi) is 21.6. The zero-order valence-corrected chi connectivity index (χ0v) is 4.54. The van der Waals surface area contributed by atoms with E-state index in [0.717, 1.165) is 4.21 Å². The van der Waals surface area contributed by atoms with E-state index >= 15 is 0 Å². The van der Waals surface area contributed by atoms with Gasteiger partial charge in [-0.05, 0) is 11.5 Å². The van der Waals surface area contributed by atoms with Gasteiger partial charge < -0.3 is 0 Å². The monoisotopic (exact) mass is 190 g/mol. The number of nitrogens with zero attached hydrogens (tertiary/aromatic N) is 2. The molecular formula is C2H5N2Na3S2. The van der Waals surface area contributed by atoms with E-state index in [-0.39, 0.29) is 88.7 Å². The van der Waals surface area contributed by atoms with E-state index in [9.17, 15) is 0 Å². The molecule has 0 saturated carbocycles. The van der Waals surface area contributed by atoms with Crippen LogP contribution in [0.25, 0.3) is 0 Å². The van der Waals surface area contributed by atoms with Crippen molar-refractivity contribution in [3.05, 3.63) is 6.20 Å². The van der Waals surface area contributed by atoms with Gasteiger partial charge in [0.05, 0.1) is 10.4 Å². The van der Waals surface area contributed by atoms with Crippen LogP contribution in [-0.2, 0) is 0 Å². The average molecular weight is 190 g/mol. The second-order valence-electron chi connectivity index (χ2n) is 0.756. The topological polar surface area (TPSA) is 25.8 Å². The van der Waals surface area contributed by atoms with Gasteiger partial charge in [0.25, 0.3) is 0 Å². The predicted octanol–water partition coefficient (Wildman–Crippen LogP) is -1.12. The van der Waals surface area contributed by atoms with Crippen molar-refractivity contribution in [3.63, 3.8) is 0 Å². The van der Waals surface area contributed by atoms with Crippen molar-refractivity contribution in [2.45, 2.75) is 4.21 Å². The molecule has 0 atom stereocenters. The van der Waals surface area contributed by atoms with Gasteiger partial charge in [0.1, 0.15) is 0 Å². The number of hydrogen-bond donors (Lipinski definition) is 1. The van der Waals surface area contributed by atoms with Crippen LogP contribution in [0.1, 0.15) is 0 Å². The summed E-state index contributed by atoms with van der Waals surface area (Å²) in [6, 6.07) is 0. The molecule has 1 rings (SSSR count). The molecule has 2 nitrogen and oxygen atoms in total. The summed E-state index contributed by atoms with van der Waals surface area (Å²) in [5.74, 6) is 0. The Morgan fingerprint density at radius 2 is 1.89 bits per heavy atom. The second-order valence-corrected chi connectivity index (χ2v) is 2.33. The SMILES string of the molecule is Sc1cnns1.[NaH].[NaH].[NaH]. The Hall–Kier alpha value is 2.91. The van der Waals surface area contributed by atoms with Crippen LogP contribution >= 0.6 is 24.2 Å². The van der Waals surface area contributed by atoms with Crippen molar-refractivity contribution < 1.29 is 0 Å². The van der Waals surface area contributed by atoms with Crippen LogP contribution < -0.4 is 0 Å². The fourth-order valence-corrected chi connectivity index (χ4v) is 0.595. The van der Waals surface area contributed by atoms with E-state index in [1.807, 2.05) is 0 Å². The Bertz CT molecular complexity index is 121. The third-order valence-electron chi connectivity index (χ3n) is 0.350. The molecule has 38 valence electrons. The third-order valence-corrected chi connectivity index (χ3v) is 1.18. The molecular weight excluding hydrogens is 185 g/mol. The molecule has 1 aromatic rings. The number of thiol groups is 1. The van der Waals surface area contributed by atoms with Gasteiger partial charge in [-0.2, -0.15) is 0 Å². The number of hydrogen-bond acceptors (Lipinski definition) is 4. The minimum atomic E-state index is 0. The van der Waals surface area contributed by atoms with Crippen molar-refractivity contribution in [3.8, 4) is 0 Å². The molecule has 0 aromatic carbocycles. The quantitative estimate of drug-likeness (QED) is 0.414. The zero-order chi connectivity index (χ0) is 4.41. The maximum atomic E-state index is 3.93. The molecule has 0 spiro atoms. The fourth-order valence-electron chi connectivity index (χ4n) is 0.162. The van der Waals surface area contributed by atoms with E-state index < -0.39 is 0 Å². The molecule has 0 saturated heterocycles. The van der Waals surface area contributed by atoms with Crippen LogP contribution in [-0.4, -0.2) is 98.3 Å². The predicted molar refractivity (Wildman–Crippen MR) is 48.6 cm³/mol. The van der Waals surface area contributed by atoms with Gasteiger partial charge in [0, 0.05) is 0 Å². The summed E-state index contributed by atoms with van der Waals surface area (Å²) in [4.78, 5) is 0. The van der Waals surface area contributed by atoms with Crippen LogP contribution in [0.4, 0.5) is 0 Å². The van der Waals surface area contributed by atoms with Crippen molar-refractivity contribution in [1.82, 2.24) is 9.59 Å². The second kappa shape index (κ2) is 10.9. The third kappa shape index (κ3) is 8.82. The normalized spacial score (nSPS) is 5.89. The van der Waals surface area contributed by atoms with Crippen LogP contribution in [0.15, 0.2) is 10.4 Å². The molecule has 7 heteroatoms. The van der Waals surface area contributed by atoms with Gasteiger partial charge in [-0.3, -0.25) is 0 Å². The van der Waals surface area contributed by atoms with Gasteiger partial charge in [0.2, 0.25) is 0 Å². The summed E-state index contributed by atoms with van der Waals surface area (Å²) in [5.41, 5.74) is 0. The fraction of sp³-hybridized carbons (Fsp3) is 0. The molecule has 0 aliphatic rings. The van der Waals surface area contributed by atoms with Gasteiger partial charge in [-0.1, -0.05) is 4.49 Å². The first-order valence-electron chi connectivity index (χ1n) is 1.36. The average Bonchev–Trinajstić information content (AvgIpc) is 1.86. The molecule has 0 amide bonds. The van der Waals surface area contributed by atoms with Crippen molar-refractivity contribution >= 4 is 113 Å². The summed E-state index contributed by atoms with van der Waals surface area (Å²) in [7, 11) is 0. The van der Waals surface area contributed by atoms with E-state index in [2.05, 4.69) is 22.2 Å². The molecule has 0 fully saturated rings. The first-order valence-corrected chi connectivity index (χ1v) is 2.58. The molecule has 1 heterocycles.